The van der Waals surface area contributed by atoms with Crippen molar-refractivity contribution < 1.29 is 30.0 Å². The number of nitrogens with zero attached hydrogens (tertiary/aromatic N) is 6. The van der Waals surface area contributed by atoms with E-state index >= 15 is 0 Å². The van der Waals surface area contributed by atoms with Crippen molar-refractivity contribution in [1.82, 2.24) is 40.5 Å². The van der Waals surface area contributed by atoms with Gasteiger partial charge in [-0.15, -0.1) is 12.4 Å². The molecule has 3 aromatic heterocycles. The quantitative estimate of drug-likeness (QED) is 0.0917. The molecule has 55 heavy (non-hydrogen) atoms. The molecule has 2 fully saturated rings. The van der Waals surface area contributed by atoms with E-state index < -0.39 is 24.3 Å². The summed E-state index contributed by atoms with van der Waals surface area (Å²) < 4.78 is 1.73. The van der Waals surface area contributed by atoms with Gasteiger partial charge in [-0.1, -0.05) is 37.3 Å². The summed E-state index contributed by atoms with van der Waals surface area (Å²) in [6.07, 6.45) is 2.01. The number of imidazole rings is 1. The Balaban J connectivity index is 0.00000514. The third kappa shape index (κ3) is 8.82. The number of aromatic nitrogens is 5. The number of pyridine rings is 1. The van der Waals surface area contributed by atoms with Crippen LogP contribution in [0.5, 0.6) is 11.5 Å². The maximum Gasteiger partial charge on any atom is 0.315 e. The first-order valence-electron chi connectivity index (χ1n) is 18.1. The largest absolute Gasteiger partial charge is 0.508 e. The van der Waals surface area contributed by atoms with E-state index in [1.54, 1.807) is 48.3 Å². The number of fused-ring (bicyclic) bond motifs is 1. The second kappa shape index (κ2) is 17.2. The van der Waals surface area contributed by atoms with Crippen LogP contribution in [0.4, 0.5) is 16.6 Å². The molecule has 8 N–H and O–H groups in total. The van der Waals surface area contributed by atoms with Crippen molar-refractivity contribution in [3.63, 3.8) is 0 Å². The zero-order valence-electron chi connectivity index (χ0n) is 30.1. The number of phenolic OH excluding ortho intramolecular Hbond substituents is 2. The summed E-state index contributed by atoms with van der Waals surface area (Å²) in [6.45, 7) is 3.37. The molecule has 1 aliphatic heterocycles. The van der Waals surface area contributed by atoms with Crippen molar-refractivity contribution in [2.24, 2.45) is 0 Å². The highest BCUT2D eigenvalue weighted by atomic mass is 35.5. The Morgan fingerprint density at radius 2 is 1.62 bits per heavy atom. The van der Waals surface area contributed by atoms with Crippen LogP contribution in [0.3, 0.4) is 0 Å². The van der Waals surface area contributed by atoms with E-state index in [1.165, 1.54) is 0 Å². The molecule has 1 unspecified atom stereocenters. The zero-order chi connectivity index (χ0) is 37.8. The van der Waals surface area contributed by atoms with Crippen molar-refractivity contribution in [2.75, 3.05) is 29.9 Å². The maximum atomic E-state index is 12.8. The van der Waals surface area contributed by atoms with Crippen LogP contribution in [0.25, 0.3) is 11.2 Å². The third-order valence-corrected chi connectivity index (χ3v) is 10.1. The van der Waals surface area contributed by atoms with Crippen molar-refractivity contribution in [3.05, 3.63) is 96.1 Å². The van der Waals surface area contributed by atoms with E-state index in [-0.39, 0.29) is 60.6 Å². The van der Waals surface area contributed by atoms with Crippen LogP contribution in [0.2, 0.25) is 0 Å². The van der Waals surface area contributed by atoms with E-state index in [2.05, 4.69) is 31.2 Å². The van der Waals surface area contributed by atoms with Crippen LogP contribution in [0.1, 0.15) is 55.0 Å². The smallest absolute Gasteiger partial charge is 0.315 e. The minimum atomic E-state index is -1.20. The number of nitrogens with one attached hydrogen (secondary N) is 4. The fourth-order valence-corrected chi connectivity index (χ4v) is 7.16. The highest BCUT2D eigenvalue weighted by Gasteiger charge is 2.44. The van der Waals surface area contributed by atoms with Gasteiger partial charge in [0.15, 0.2) is 17.0 Å². The molecule has 4 heterocycles. The molecule has 16 nitrogen and oxygen atoms in total. The van der Waals surface area contributed by atoms with Crippen LogP contribution in [-0.2, 0) is 11.3 Å². The Morgan fingerprint density at radius 3 is 2.27 bits per heavy atom. The molecule has 2 aromatic carbocycles. The second-order valence-corrected chi connectivity index (χ2v) is 13.7. The molecular weight excluding hydrogens is 728 g/mol. The SMILES string of the molecule is CCC(=O)N[C@H]1C[C@@H](n2cnc3c(NCC(c4ccc(O)cc4)c4ccc(O)cc4)nc(N4CCC(NC(=O)NCc5ccccn5)C4)nc32)[C@H](O)[C@@H]1O.Cl. The van der Waals surface area contributed by atoms with Gasteiger partial charge in [-0.3, -0.25) is 9.78 Å². The lowest BCUT2D eigenvalue weighted by atomic mass is 9.91. The molecule has 0 radical (unpaired) electrons. The van der Waals surface area contributed by atoms with Crippen molar-refractivity contribution >= 4 is 47.3 Å². The Kier molecular flexibility index (Phi) is 12.2. The number of carbonyl (C=O) groups excluding carboxylic acids is 2. The van der Waals surface area contributed by atoms with E-state index in [1.807, 2.05) is 47.4 Å². The van der Waals surface area contributed by atoms with E-state index in [4.69, 9.17) is 9.97 Å². The van der Waals surface area contributed by atoms with Crippen LogP contribution in [0, 0.1) is 0 Å². The number of anilines is 2. The number of halogens is 1. The number of rotatable bonds is 12. The first kappa shape index (κ1) is 39.0. The first-order valence-corrected chi connectivity index (χ1v) is 18.1. The number of benzene rings is 2. The Labute approximate surface area is 323 Å². The average Bonchev–Trinajstić information content (AvgIpc) is 3.90. The number of hydrogen-bond donors (Lipinski definition) is 8. The molecule has 7 rings (SSSR count). The number of aliphatic hydroxyl groups excluding tert-OH is 2. The summed E-state index contributed by atoms with van der Waals surface area (Å²) in [7, 11) is 0. The minimum Gasteiger partial charge on any atom is -0.508 e. The highest BCUT2D eigenvalue weighted by Crippen LogP contribution is 2.36. The van der Waals surface area contributed by atoms with Gasteiger partial charge in [0.2, 0.25) is 11.9 Å². The number of aliphatic hydroxyl groups is 2. The normalized spacial score (nSPS) is 20.7. The van der Waals surface area contributed by atoms with Gasteiger partial charge in [-0.05, 0) is 60.4 Å². The number of carbonyl (C=O) groups is 2. The van der Waals surface area contributed by atoms with Crippen molar-refractivity contribution in [3.8, 4) is 11.5 Å². The summed E-state index contributed by atoms with van der Waals surface area (Å²) in [5.41, 5.74) is 3.45. The molecule has 1 saturated carbocycles. The predicted molar refractivity (Wildman–Crippen MR) is 207 cm³/mol. The van der Waals surface area contributed by atoms with Gasteiger partial charge in [-0.25, -0.2) is 9.78 Å². The lowest BCUT2D eigenvalue weighted by Crippen LogP contribution is -2.43. The first-order chi connectivity index (χ1) is 26.2. The van der Waals surface area contributed by atoms with Crippen molar-refractivity contribution in [1.29, 1.82) is 0 Å². The third-order valence-electron chi connectivity index (χ3n) is 10.1. The van der Waals surface area contributed by atoms with Crippen molar-refractivity contribution in [2.45, 2.75) is 69.0 Å². The molecule has 0 spiro atoms. The zero-order valence-corrected chi connectivity index (χ0v) is 30.9. The van der Waals surface area contributed by atoms with Gasteiger partial charge in [0.25, 0.3) is 0 Å². The molecule has 290 valence electrons. The fraction of sp³-hybridized carbons (Fsp3) is 0.368. The van der Waals surface area contributed by atoms with Gasteiger partial charge in [-0.2, -0.15) is 9.97 Å². The number of phenols is 2. The molecule has 1 aliphatic carbocycles. The van der Waals surface area contributed by atoms with Gasteiger partial charge in [0.05, 0.1) is 30.6 Å². The number of hydrogen-bond acceptors (Lipinski definition) is 12. The lowest BCUT2D eigenvalue weighted by Gasteiger charge is -2.22. The average molecular weight is 773 g/mol. The summed E-state index contributed by atoms with van der Waals surface area (Å²) in [6, 6.07) is 17.6. The molecule has 17 heteroatoms. The summed E-state index contributed by atoms with van der Waals surface area (Å²) >= 11 is 0. The molecule has 3 amide bonds. The van der Waals surface area contributed by atoms with Gasteiger partial charge in [0.1, 0.15) is 23.7 Å². The standard InChI is InChI=1S/C38H44N10O6.ClH/c1-2-31(51)44-29-17-30(34(53)33(29)52)48-21-42-32-35(40-19-28(22-6-10-26(49)11-7-22)23-8-12-27(50)13-9-23)45-37(46-36(32)48)47-16-14-25(20-47)43-38(54)41-18-24-5-3-4-15-39-24;/h3-13,15,21,25,28-30,33-34,49-50,52-53H,2,14,16-20H2,1H3,(H,44,51)(H,40,45,46)(H2,41,43,54);1H/t25?,29-,30+,33+,34-;/m0./s1. The maximum absolute atomic E-state index is 12.8. The van der Waals surface area contributed by atoms with E-state index in [9.17, 15) is 30.0 Å². The molecule has 5 aromatic rings. The molecule has 5 atom stereocenters. The van der Waals surface area contributed by atoms with Crippen LogP contribution < -0.4 is 26.2 Å². The van der Waals surface area contributed by atoms with Gasteiger partial charge >= 0.3 is 6.03 Å². The summed E-state index contributed by atoms with van der Waals surface area (Å²) in [5.74, 6) is 0.663. The molecule has 2 aliphatic rings. The highest BCUT2D eigenvalue weighted by molar-refractivity contribution is 5.85. The molecular formula is C38H45ClN10O6. The molecule has 1 saturated heterocycles. The molecule has 0 bridgehead atoms. The van der Waals surface area contributed by atoms with Crippen LogP contribution in [-0.4, -0.2) is 101 Å². The minimum absolute atomic E-state index is 0. The lowest BCUT2D eigenvalue weighted by molar-refractivity contribution is -0.122. The summed E-state index contributed by atoms with van der Waals surface area (Å²) in [5, 5.41) is 54.2. The van der Waals surface area contributed by atoms with Crippen LogP contribution in [0.15, 0.2) is 79.3 Å². The van der Waals surface area contributed by atoms with Gasteiger partial charge < -0.3 is 51.2 Å². The number of urea groups is 1. The Hall–Kier alpha value is -5.71. The number of aromatic hydroxyl groups is 2. The number of amides is 3. The van der Waals surface area contributed by atoms with E-state index in [0.29, 0.717) is 55.5 Å². The van der Waals surface area contributed by atoms with Crippen LogP contribution >= 0.6 is 12.4 Å². The Bertz CT molecular complexity index is 2030. The fourth-order valence-electron chi connectivity index (χ4n) is 7.16. The predicted octanol–water partition coefficient (Wildman–Crippen LogP) is 2.94. The Morgan fingerprint density at radius 1 is 0.909 bits per heavy atom. The monoisotopic (exact) mass is 772 g/mol. The van der Waals surface area contributed by atoms with Gasteiger partial charge in [0, 0.05) is 44.2 Å². The topological polar surface area (TPSA) is 223 Å². The second-order valence-electron chi connectivity index (χ2n) is 13.7. The summed E-state index contributed by atoms with van der Waals surface area (Å²) in [4.78, 5) is 45.8. The van der Waals surface area contributed by atoms with E-state index in [0.717, 1.165) is 16.8 Å².